The standard InChI is InChI=1S/C29H50/c1-19(2)9-7-10-20(3)24-11-8-12-25-23-17-21(4)29-18-22(29)13-16-28(29,6)26(23)14-15-27(24,25)5/h19-26H,7-18H2,1-6H3/t20?,21-,22?,23?,24?,25?,26?,27?,28?,29?/m1/s1. The van der Waals surface area contributed by atoms with Crippen molar-refractivity contribution in [1.82, 2.24) is 0 Å². The smallest absolute Gasteiger partial charge is 0.0184 e. The molecule has 0 nitrogen and oxygen atoms in total. The first kappa shape index (κ1) is 20.9. The van der Waals surface area contributed by atoms with E-state index in [0.29, 0.717) is 10.8 Å². The van der Waals surface area contributed by atoms with Gasteiger partial charge in [-0.25, -0.2) is 0 Å². The van der Waals surface area contributed by atoms with Crippen molar-refractivity contribution in [2.75, 3.05) is 0 Å². The maximum Gasteiger partial charge on any atom is -0.0184 e. The van der Waals surface area contributed by atoms with E-state index in [0.717, 1.165) is 52.8 Å². The van der Waals surface area contributed by atoms with Crippen LogP contribution >= 0.6 is 0 Å². The van der Waals surface area contributed by atoms with E-state index in [1.165, 1.54) is 32.1 Å². The molecule has 9 unspecified atom stereocenters. The second kappa shape index (κ2) is 7.00. The molecular weight excluding hydrogens is 348 g/mol. The van der Waals surface area contributed by atoms with E-state index in [1.54, 1.807) is 44.9 Å². The Kier molecular flexibility index (Phi) is 5.04. The van der Waals surface area contributed by atoms with E-state index in [2.05, 4.69) is 41.5 Å². The van der Waals surface area contributed by atoms with Crippen LogP contribution in [-0.2, 0) is 0 Å². The Balaban J connectivity index is 1.36. The Morgan fingerprint density at radius 2 is 1.69 bits per heavy atom. The molecule has 5 fully saturated rings. The summed E-state index contributed by atoms with van der Waals surface area (Å²) < 4.78 is 0. The topological polar surface area (TPSA) is 0 Å². The fourth-order valence-corrected chi connectivity index (χ4v) is 11.1. The normalized spacial score (nSPS) is 54.3. The zero-order valence-corrected chi connectivity index (χ0v) is 20.6. The van der Waals surface area contributed by atoms with Gasteiger partial charge in [-0.05, 0) is 115 Å². The Bertz CT molecular complexity index is 620. The predicted molar refractivity (Wildman–Crippen MR) is 125 cm³/mol. The molecule has 0 aromatic rings. The summed E-state index contributed by atoms with van der Waals surface area (Å²) in [5.41, 5.74) is 2.15. The summed E-state index contributed by atoms with van der Waals surface area (Å²) in [4.78, 5) is 0. The van der Waals surface area contributed by atoms with Crippen molar-refractivity contribution in [1.29, 1.82) is 0 Å². The van der Waals surface area contributed by atoms with Crippen LogP contribution in [-0.4, -0.2) is 0 Å². The van der Waals surface area contributed by atoms with Crippen LogP contribution in [0.5, 0.6) is 0 Å². The summed E-state index contributed by atoms with van der Waals surface area (Å²) >= 11 is 0. The van der Waals surface area contributed by atoms with Gasteiger partial charge in [0.2, 0.25) is 0 Å². The first-order valence-electron chi connectivity index (χ1n) is 13.7. The molecule has 0 heterocycles. The van der Waals surface area contributed by atoms with Crippen LogP contribution in [0, 0.1) is 63.6 Å². The molecule has 5 rings (SSSR count). The van der Waals surface area contributed by atoms with Crippen LogP contribution in [0.2, 0.25) is 0 Å². The third-order valence-electron chi connectivity index (χ3n) is 12.4. The molecule has 5 aliphatic carbocycles. The highest BCUT2D eigenvalue weighted by molar-refractivity contribution is 5.24. The van der Waals surface area contributed by atoms with Crippen LogP contribution in [0.4, 0.5) is 0 Å². The van der Waals surface area contributed by atoms with Crippen molar-refractivity contribution in [2.24, 2.45) is 63.6 Å². The van der Waals surface area contributed by atoms with Crippen LogP contribution in [0.3, 0.4) is 0 Å². The van der Waals surface area contributed by atoms with Gasteiger partial charge in [-0.15, -0.1) is 0 Å². The molecule has 0 aliphatic heterocycles. The van der Waals surface area contributed by atoms with Crippen molar-refractivity contribution < 1.29 is 0 Å². The summed E-state index contributed by atoms with van der Waals surface area (Å²) in [5.74, 6) is 8.13. The van der Waals surface area contributed by atoms with E-state index in [9.17, 15) is 0 Å². The zero-order chi connectivity index (χ0) is 20.6. The average molecular weight is 399 g/mol. The second-order valence-corrected chi connectivity index (χ2v) is 13.8. The van der Waals surface area contributed by atoms with Gasteiger partial charge >= 0.3 is 0 Å². The first-order valence-corrected chi connectivity index (χ1v) is 13.7. The number of rotatable bonds is 5. The average Bonchev–Trinajstić information content (AvgIpc) is 3.33. The third kappa shape index (κ3) is 2.81. The van der Waals surface area contributed by atoms with Crippen LogP contribution in [0.1, 0.15) is 119 Å². The molecule has 10 atom stereocenters. The maximum absolute atomic E-state index is 2.78. The summed E-state index contributed by atoms with van der Waals surface area (Å²) in [6.45, 7) is 15.7. The Morgan fingerprint density at radius 1 is 0.897 bits per heavy atom. The highest BCUT2D eigenvalue weighted by Gasteiger charge is 2.75. The molecule has 1 spiro atoms. The lowest BCUT2D eigenvalue weighted by atomic mass is 9.40. The third-order valence-corrected chi connectivity index (χ3v) is 12.4. The SMILES string of the molecule is CC(C)CCCC(C)C1CCCC2C3C[C@@H](C)C45CC4CCC5(C)C3CCC12C. The zero-order valence-electron chi connectivity index (χ0n) is 20.6. The van der Waals surface area contributed by atoms with Crippen LogP contribution in [0.15, 0.2) is 0 Å². The van der Waals surface area contributed by atoms with Gasteiger partial charge < -0.3 is 0 Å². The fraction of sp³-hybridized carbons (Fsp3) is 1.00. The quantitative estimate of drug-likeness (QED) is 0.434. The molecular formula is C29H50. The fourth-order valence-electron chi connectivity index (χ4n) is 11.1. The van der Waals surface area contributed by atoms with Crippen molar-refractivity contribution in [3.8, 4) is 0 Å². The second-order valence-electron chi connectivity index (χ2n) is 13.8. The first-order chi connectivity index (χ1) is 13.7. The lowest BCUT2D eigenvalue weighted by Gasteiger charge is -2.64. The molecule has 0 bridgehead atoms. The van der Waals surface area contributed by atoms with Gasteiger partial charge in [0.15, 0.2) is 0 Å². The van der Waals surface area contributed by atoms with Gasteiger partial charge in [-0.2, -0.15) is 0 Å². The van der Waals surface area contributed by atoms with E-state index in [-0.39, 0.29) is 0 Å². The van der Waals surface area contributed by atoms with Gasteiger partial charge in [0.25, 0.3) is 0 Å². The number of fused-ring (bicyclic) bond motifs is 4. The largest absolute Gasteiger partial charge is 0.0628 e. The molecule has 5 saturated carbocycles. The summed E-state index contributed by atoms with van der Waals surface area (Å²) in [5, 5.41) is 0. The highest BCUT2D eigenvalue weighted by Crippen LogP contribution is 2.83. The minimum atomic E-state index is 0.652. The molecule has 166 valence electrons. The minimum absolute atomic E-state index is 0.652. The monoisotopic (exact) mass is 398 g/mol. The number of hydrogen-bond acceptors (Lipinski definition) is 0. The molecule has 29 heavy (non-hydrogen) atoms. The summed E-state index contributed by atoms with van der Waals surface area (Å²) in [6, 6.07) is 0. The van der Waals surface area contributed by atoms with Gasteiger partial charge in [-0.3, -0.25) is 0 Å². The molecule has 0 saturated heterocycles. The lowest BCUT2D eigenvalue weighted by molar-refractivity contribution is -0.156. The predicted octanol–water partition coefficient (Wildman–Crippen LogP) is 8.74. The van der Waals surface area contributed by atoms with Gasteiger partial charge in [0.1, 0.15) is 0 Å². The summed E-state index contributed by atoms with van der Waals surface area (Å²) in [7, 11) is 0. The van der Waals surface area contributed by atoms with Crippen LogP contribution in [0.25, 0.3) is 0 Å². The summed E-state index contributed by atoms with van der Waals surface area (Å²) in [6.07, 6.45) is 18.5. The van der Waals surface area contributed by atoms with Crippen molar-refractivity contribution in [3.63, 3.8) is 0 Å². The molecule has 0 aromatic heterocycles. The number of hydrogen-bond donors (Lipinski definition) is 0. The maximum atomic E-state index is 2.78. The molecule has 0 amide bonds. The van der Waals surface area contributed by atoms with E-state index in [4.69, 9.17) is 0 Å². The van der Waals surface area contributed by atoms with Gasteiger partial charge in [0.05, 0.1) is 0 Å². The Hall–Kier alpha value is 0. The van der Waals surface area contributed by atoms with Crippen molar-refractivity contribution >= 4 is 0 Å². The highest BCUT2D eigenvalue weighted by atomic mass is 14.8. The molecule has 0 N–H and O–H groups in total. The van der Waals surface area contributed by atoms with Crippen LogP contribution < -0.4 is 0 Å². The van der Waals surface area contributed by atoms with E-state index < -0.39 is 0 Å². The van der Waals surface area contributed by atoms with Gasteiger partial charge in [0, 0.05) is 0 Å². The Labute approximate surface area is 182 Å². The van der Waals surface area contributed by atoms with E-state index >= 15 is 0 Å². The molecule has 5 aliphatic rings. The molecule has 0 aromatic carbocycles. The molecule has 0 heteroatoms. The minimum Gasteiger partial charge on any atom is -0.0628 e. The van der Waals surface area contributed by atoms with E-state index in [1.807, 2.05) is 0 Å². The Morgan fingerprint density at radius 3 is 2.41 bits per heavy atom. The van der Waals surface area contributed by atoms with Gasteiger partial charge in [-0.1, -0.05) is 67.2 Å². The molecule has 0 radical (unpaired) electrons. The van der Waals surface area contributed by atoms with Crippen molar-refractivity contribution in [2.45, 2.75) is 119 Å². The lowest BCUT2D eigenvalue weighted by Crippen LogP contribution is -2.57. The van der Waals surface area contributed by atoms with Crippen molar-refractivity contribution in [3.05, 3.63) is 0 Å².